The van der Waals surface area contributed by atoms with E-state index in [9.17, 15) is 4.79 Å². The Bertz CT molecular complexity index is 984. The van der Waals surface area contributed by atoms with Gasteiger partial charge in [0.15, 0.2) is 0 Å². The molecule has 2 aromatic carbocycles. The number of anilines is 1. The Hall–Kier alpha value is -2.72. The molecule has 3 aromatic rings. The number of benzene rings is 2. The molecule has 4 rings (SSSR count). The van der Waals surface area contributed by atoms with Crippen LogP contribution in [0.5, 0.6) is 0 Å². The van der Waals surface area contributed by atoms with Crippen LogP contribution in [-0.4, -0.2) is 10.5 Å². The number of hydrogen-bond acceptors (Lipinski definition) is 2. The molecule has 24 heavy (non-hydrogen) atoms. The van der Waals surface area contributed by atoms with Crippen molar-refractivity contribution in [3.05, 3.63) is 77.9 Å². The van der Waals surface area contributed by atoms with E-state index in [0.717, 1.165) is 33.6 Å². The van der Waals surface area contributed by atoms with Gasteiger partial charge in [0, 0.05) is 34.1 Å². The lowest BCUT2D eigenvalue weighted by molar-refractivity contribution is -0.112. The number of rotatable bonds is 3. The van der Waals surface area contributed by atoms with Gasteiger partial charge in [-0.1, -0.05) is 48.2 Å². The second-order valence-electron chi connectivity index (χ2n) is 5.60. The van der Waals surface area contributed by atoms with Crippen LogP contribution >= 0.6 is 11.8 Å². The smallest absolute Gasteiger partial charge is 0.262 e. The molecule has 0 saturated carbocycles. The van der Waals surface area contributed by atoms with Crippen LogP contribution in [0.25, 0.3) is 17.0 Å². The largest absolute Gasteiger partial charge is 0.343 e. The number of aromatic nitrogens is 1. The summed E-state index contributed by atoms with van der Waals surface area (Å²) in [7, 11) is 0. The highest BCUT2D eigenvalue weighted by molar-refractivity contribution is 8.04. The summed E-state index contributed by atoms with van der Waals surface area (Å²) in [5, 5.41) is 4.10. The quantitative estimate of drug-likeness (QED) is 0.546. The monoisotopic (exact) mass is 332 g/mol. The Morgan fingerprint density at radius 1 is 1.12 bits per heavy atom. The maximum atomic E-state index is 12.4. The van der Waals surface area contributed by atoms with Crippen LogP contribution in [0.3, 0.4) is 0 Å². The van der Waals surface area contributed by atoms with Crippen molar-refractivity contribution < 1.29 is 4.79 Å². The highest BCUT2D eigenvalue weighted by Crippen LogP contribution is 2.39. The van der Waals surface area contributed by atoms with Crippen LogP contribution in [0.15, 0.2) is 77.2 Å². The molecule has 0 bridgehead atoms. The van der Waals surface area contributed by atoms with E-state index < -0.39 is 0 Å². The Labute approximate surface area is 144 Å². The van der Waals surface area contributed by atoms with E-state index in [1.165, 1.54) is 11.8 Å². The lowest BCUT2D eigenvalue weighted by Crippen LogP contribution is -2.16. The molecule has 118 valence electrons. The van der Waals surface area contributed by atoms with E-state index in [1.54, 1.807) is 0 Å². The molecule has 1 amide bonds. The standard InChI is InChI=1S/C20H16N2OS/c1-2-11-22-13-14(15-7-3-5-9-17(15)22)12-19-20(23)21-16-8-4-6-10-18(16)24-19/h2-10,12-13H,1,11H2,(H,21,23)/b19-12-. The molecule has 0 saturated heterocycles. The van der Waals surface area contributed by atoms with Gasteiger partial charge in [-0.25, -0.2) is 0 Å². The SMILES string of the molecule is C=CCn1cc(/C=C2\Sc3ccccc3NC2=O)c2ccccc21. The second kappa shape index (κ2) is 6.06. The molecule has 1 aliphatic rings. The maximum Gasteiger partial charge on any atom is 0.262 e. The summed E-state index contributed by atoms with van der Waals surface area (Å²) in [5.41, 5.74) is 3.06. The van der Waals surface area contributed by atoms with Crippen molar-refractivity contribution in [2.24, 2.45) is 0 Å². The van der Waals surface area contributed by atoms with Crippen molar-refractivity contribution in [1.29, 1.82) is 0 Å². The van der Waals surface area contributed by atoms with Gasteiger partial charge in [0.05, 0.1) is 10.6 Å². The maximum absolute atomic E-state index is 12.4. The number of allylic oxidation sites excluding steroid dienone is 1. The molecule has 3 nitrogen and oxygen atoms in total. The van der Waals surface area contributed by atoms with Gasteiger partial charge in [-0.2, -0.15) is 0 Å². The van der Waals surface area contributed by atoms with Gasteiger partial charge in [0.1, 0.15) is 0 Å². The predicted molar refractivity (Wildman–Crippen MR) is 101 cm³/mol. The van der Waals surface area contributed by atoms with Gasteiger partial charge in [-0.15, -0.1) is 6.58 Å². The Kier molecular flexibility index (Phi) is 3.75. The number of amides is 1. The lowest BCUT2D eigenvalue weighted by atomic mass is 10.1. The summed E-state index contributed by atoms with van der Waals surface area (Å²) in [4.78, 5) is 14.2. The second-order valence-corrected chi connectivity index (χ2v) is 6.69. The van der Waals surface area contributed by atoms with E-state index in [1.807, 2.05) is 48.6 Å². The number of fused-ring (bicyclic) bond motifs is 2. The average molecular weight is 332 g/mol. The molecule has 0 radical (unpaired) electrons. The fraction of sp³-hybridized carbons (Fsp3) is 0.0500. The highest BCUT2D eigenvalue weighted by Gasteiger charge is 2.21. The summed E-state index contributed by atoms with van der Waals surface area (Å²) in [6.45, 7) is 4.56. The van der Waals surface area contributed by atoms with E-state index in [4.69, 9.17) is 0 Å². The molecule has 0 atom stereocenters. The molecule has 0 unspecified atom stereocenters. The van der Waals surface area contributed by atoms with E-state index >= 15 is 0 Å². The van der Waals surface area contributed by atoms with Gasteiger partial charge in [0.25, 0.3) is 5.91 Å². The fourth-order valence-electron chi connectivity index (χ4n) is 2.92. The minimum atomic E-state index is -0.0562. The molecular formula is C20H16N2OS. The van der Waals surface area contributed by atoms with E-state index in [2.05, 4.69) is 34.8 Å². The number of para-hydroxylation sites is 2. The van der Waals surface area contributed by atoms with Crippen molar-refractivity contribution >= 4 is 40.3 Å². The Morgan fingerprint density at radius 3 is 2.79 bits per heavy atom. The first-order chi connectivity index (χ1) is 11.8. The first kappa shape index (κ1) is 14.8. The lowest BCUT2D eigenvalue weighted by Gasteiger charge is -2.18. The summed E-state index contributed by atoms with van der Waals surface area (Å²) >= 11 is 1.51. The normalized spacial score (nSPS) is 15.3. The zero-order valence-electron chi connectivity index (χ0n) is 13.0. The van der Waals surface area contributed by atoms with Crippen LogP contribution in [0.4, 0.5) is 5.69 Å². The molecule has 1 aliphatic heterocycles. The molecule has 0 spiro atoms. The topological polar surface area (TPSA) is 34.0 Å². The number of nitrogens with zero attached hydrogens (tertiary/aromatic N) is 1. The Morgan fingerprint density at radius 2 is 1.92 bits per heavy atom. The molecule has 2 heterocycles. The first-order valence-corrected chi connectivity index (χ1v) is 8.56. The third-order valence-electron chi connectivity index (χ3n) is 4.01. The summed E-state index contributed by atoms with van der Waals surface area (Å²) in [6.07, 6.45) is 5.92. The number of carbonyl (C=O) groups excluding carboxylic acids is 1. The molecule has 4 heteroatoms. The molecule has 0 fully saturated rings. The van der Waals surface area contributed by atoms with Crippen molar-refractivity contribution in [1.82, 2.24) is 4.57 Å². The van der Waals surface area contributed by atoms with Gasteiger partial charge in [-0.3, -0.25) is 4.79 Å². The zero-order valence-corrected chi connectivity index (χ0v) is 13.8. The number of thioether (sulfide) groups is 1. The summed E-state index contributed by atoms with van der Waals surface area (Å²) in [5.74, 6) is -0.0562. The van der Waals surface area contributed by atoms with Crippen LogP contribution in [-0.2, 0) is 11.3 Å². The number of nitrogens with one attached hydrogen (secondary N) is 1. The number of hydrogen-bond donors (Lipinski definition) is 1. The molecule has 0 aliphatic carbocycles. The van der Waals surface area contributed by atoms with Crippen LogP contribution in [0, 0.1) is 0 Å². The van der Waals surface area contributed by atoms with Gasteiger partial charge >= 0.3 is 0 Å². The van der Waals surface area contributed by atoms with Gasteiger partial charge in [-0.05, 0) is 24.3 Å². The third-order valence-corrected chi connectivity index (χ3v) is 5.11. The van der Waals surface area contributed by atoms with Crippen LogP contribution in [0.1, 0.15) is 5.56 Å². The minimum absolute atomic E-state index is 0.0562. The van der Waals surface area contributed by atoms with Crippen molar-refractivity contribution in [2.75, 3.05) is 5.32 Å². The summed E-state index contributed by atoms with van der Waals surface area (Å²) in [6, 6.07) is 16.1. The molecule has 1 N–H and O–H groups in total. The van der Waals surface area contributed by atoms with Gasteiger partial charge < -0.3 is 9.88 Å². The van der Waals surface area contributed by atoms with E-state index in [0.29, 0.717) is 4.91 Å². The van der Waals surface area contributed by atoms with Crippen LogP contribution < -0.4 is 5.32 Å². The van der Waals surface area contributed by atoms with Crippen LogP contribution in [0.2, 0.25) is 0 Å². The zero-order chi connectivity index (χ0) is 16.5. The Balaban J connectivity index is 1.80. The third kappa shape index (κ3) is 2.55. The first-order valence-electron chi connectivity index (χ1n) is 7.75. The van der Waals surface area contributed by atoms with E-state index in [-0.39, 0.29) is 5.91 Å². The number of carbonyl (C=O) groups is 1. The van der Waals surface area contributed by atoms with Gasteiger partial charge in [0.2, 0.25) is 0 Å². The average Bonchev–Trinajstić information content (AvgIpc) is 2.94. The highest BCUT2D eigenvalue weighted by atomic mass is 32.2. The predicted octanol–water partition coefficient (Wildman–Crippen LogP) is 4.91. The minimum Gasteiger partial charge on any atom is -0.343 e. The van der Waals surface area contributed by atoms with Crippen molar-refractivity contribution in [2.45, 2.75) is 11.4 Å². The molecule has 1 aromatic heterocycles. The molecular weight excluding hydrogens is 316 g/mol. The van der Waals surface area contributed by atoms with Crippen molar-refractivity contribution in [3.63, 3.8) is 0 Å². The fourth-order valence-corrected chi connectivity index (χ4v) is 3.87. The summed E-state index contributed by atoms with van der Waals surface area (Å²) < 4.78 is 2.15. The van der Waals surface area contributed by atoms with Crippen molar-refractivity contribution in [3.8, 4) is 0 Å².